The molecule has 0 aromatic carbocycles. The molecule has 1 fully saturated rings. The number of carbonyl (C=O) groups is 1. The second-order valence-electron chi connectivity index (χ2n) is 5.13. The van der Waals surface area contributed by atoms with Crippen molar-refractivity contribution in [2.45, 2.75) is 19.8 Å². The van der Waals surface area contributed by atoms with Crippen LogP contribution in [-0.4, -0.2) is 34.1 Å². The molecule has 2 aromatic heterocycles. The van der Waals surface area contributed by atoms with Crippen molar-refractivity contribution in [2.75, 3.05) is 18.0 Å². The van der Waals surface area contributed by atoms with Crippen molar-refractivity contribution >= 4 is 22.8 Å². The van der Waals surface area contributed by atoms with Crippen LogP contribution in [0.1, 0.15) is 28.8 Å². The highest BCUT2D eigenvalue weighted by Gasteiger charge is 2.23. The summed E-state index contributed by atoms with van der Waals surface area (Å²) in [5.74, 6) is -1.68. The Hall–Kier alpha value is -2.44. The molecule has 3 heterocycles. The van der Waals surface area contributed by atoms with Crippen LogP contribution in [-0.2, 0) is 0 Å². The molecule has 1 saturated heterocycles. The van der Waals surface area contributed by atoms with Gasteiger partial charge < -0.3 is 15.0 Å². The second kappa shape index (κ2) is 4.83. The van der Waals surface area contributed by atoms with E-state index >= 15 is 0 Å². The average Bonchev–Trinajstić information content (AvgIpc) is 2.96. The van der Waals surface area contributed by atoms with E-state index in [1.807, 2.05) is 4.90 Å². The maximum atomic E-state index is 14.5. The number of nitrogens with one attached hydrogen (secondary N) is 1. The lowest BCUT2D eigenvalue weighted by Crippen LogP contribution is -2.23. The fourth-order valence-corrected chi connectivity index (χ4v) is 2.69. The van der Waals surface area contributed by atoms with Crippen molar-refractivity contribution in [1.29, 1.82) is 0 Å². The minimum atomic E-state index is -1.35. The van der Waals surface area contributed by atoms with Gasteiger partial charge in [-0.1, -0.05) is 0 Å². The van der Waals surface area contributed by atoms with Crippen LogP contribution in [0.3, 0.4) is 0 Å². The number of pyridine rings is 2. The van der Waals surface area contributed by atoms with Crippen molar-refractivity contribution in [3.05, 3.63) is 33.4 Å². The summed E-state index contributed by atoms with van der Waals surface area (Å²) >= 11 is 0. The van der Waals surface area contributed by atoms with Crippen molar-refractivity contribution in [2.24, 2.45) is 0 Å². The smallest absolute Gasteiger partial charge is 0.341 e. The third kappa shape index (κ3) is 2.05. The van der Waals surface area contributed by atoms with Crippen molar-refractivity contribution in [3.8, 4) is 0 Å². The predicted octanol–water partition coefficient (Wildman–Crippen LogP) is 1.67. The standard InChI is InChI=1S/C14H14FN3O3/c1-7-9-11(19)8(14(20)21)6-16-12(9)17-13(10(7)15)18-4-2-3-5-18/h6H,2-5H2,1H3,(H,20,21)(H,16,17,19). The van der Waals surface area contributed by atoms with Crippen LogP contribution < -0.4 is 10.3 Å². The number of carboxylic acid groups (broad SMARTS) is 1. The number of nitrogens with zero attached hydrogens (tertiary/aromatic N) is 2. The monoisotopic (exact) mass is 291 g/mol. The Morgan fingerprint density at radius 3 is 2.71 bits per heavy atom. The van der Waals surface area contributed by atoms with Gasteiger partial charge in [0.05, 0.1) is 5.39 Å². The summed E-state index contributed by atoms with van der Waals surface area (Å²) in [5.41, 5.74) is -0.786. The van der Waals surface area contributed by atoms with E-state index < -0.39 is 22.8 Å². The van der Waals surface area contributed by atoms with Crippen LogP contribution in [0.4, 0.5) is 10.2 Å². The van der Waals surface area contributed by atoms with Gasteiger partial charge in [-0.3, -0.25) is 4.79 Å². The van der Waals surface area contributed by atoms with Crippen LogP contribution in [0.15, 0.2) is 11.0 Å². The number of H-pyrrole nitrogens is 1. The summed E-state index contributed by atoms with van der Waals surface area (Å²) in [4.78, 5) is 31.9. The molecule has 110 valence electrons. The summed E-state index contributed by atoms with van der Waals surface area (Å²) < 4.78 is 14.5. The molecule has 0 bridgehead atoms. The summed E-state index contributed by atoms with van der Waals surface area (Å²) in [6.45, 7) is 2.93. The first kappa shape index (κ1) is 13.5. The van der Waals surface area contributed by atoms with Gasteiger partial charge >= 0.3 is 5.97 Å². The molecule has 0 unspecified atom stereocenters. The molecule has 0 aliphatic carbocycles. The van der Waals surface area contributed by atoms with E-state index in [9.17, 15) is 14.0 Å². The Morgan fingerprint density at radius 1 is 1.43 bits per heavy atom. The van der Waals surface area contributed by atoms with Crippen LogP contribution in [0.25, 0.3) is 11.0 Å². The molecule has 0 saturated carbocycles. The third-order valence-electron chi connectivity index (χ3n) is 3.82. The van der Waals surface area contributed by atoms with E-state index in [0.717, 1.165) is 32.1 Å². The quantitative estimate of drug-likeness (QED) is 0.879. The Labute approximate surface area is 119 Å². The Morgan fingerprint density at radius 2 is 2.10 bits per heavy atom. The lowest BCUT2D eigenvalue weighted by atomic mass is 10.1. The van der Waals surface area contributed by atoms with E-state index in [1.54, 1.807) is 0 Å². The van der Waals surface area contributed by atoms with E-state index in [4.69, 9.17) is 5.11 Å². The first-order chi connectivity index (χ1) is 10.0. The van der Waals surface area contributed by atoms with Gasteiger partial charge in [0.25, 0.3) is 0 Å². The van der Waals surface area contributed by atoms with Crippen LogP contribution >= 0.6 is 0 Å². The lowest BCUT2D eigenvalue weighted by molar-refractivity contribution is 0.0695. The van der Waals surface area contributed by atoms with Gasteiger partial charge in [-0.2, -0.15) is 0 Å². The molecule has 1 aliphatic heterocycles. The normalized spacial score (nSPS) is 14.9. The SMILES string of the molecule is Cc1c(F)c(N2CCCC2)nc2[nH]cc(C(=O)O)c(=O)c12. The summed E-state index contributed by atoms with van der Waals surface area (Å²) in [6, 6.07) is 0. The molecular formula is C14H14FN3O3. The minimum Gasteiger partial charge on any atom is -0.477 e. The third-order valence-corrected chi connectivity index (χ3v) is 3.82. The molecule has 0 amide bonds. The Kier molecular flexibility index (Phi) is 3.12. The number of carboxylic acids is 1. The summed E-state index contributed by atoms with van der Waals surface area (Å²) in [5, 5.41) is 8.97. The average molecular weight is 291 g/mol. The van der Waals surface area contributed by atoms with Crippen LogP contribution in [0.5, 0.6) is 0 Å². The minimum absolute atomic E-state index is 0.00431. The van der Waals surface area contributed by atoms with Gasteiger partial charge in [0, 0.05) is 24.8 Å². The molecule has 2 aromatic rings. The molecule has 1 aliphatic rings. The summed E-state index contributed by atoms with van der Waals surface area (Å²) in [6.07, 6.45) is 3.06. The zero-order valence-corrected chi connectivity index (χ0v) is 11.4. The van der Waals surface area contributed by atoms with Gasteiger partial charge in [-0.15, -0.1) is 0 Å². The predicted molar refractivity (Wildman–Crippen MR) is 75.5 cm³/mol. The number of aromatic amines is 1. The molecule has 7 heteroatoms. The first-order valence-corrected chi connectivity index (χ1v) is 6.70. The van der Waals surface area contributed by atoms with Gasteiger partial charge in [-0.25, -0.2) is 14.2 Å². The van der Waals surface area contributed by atoms with Gasteiger partial charge in [0.2, 0.25) is 5.43 Å². The highest BCUT2D eigenvalue weighted by atomic mass is 19.1. The number of halogens is 1. The van der Waals surface area contributed by atoms with Crippen molar-refractivity contribution in [1.82, 2.24) is 9.97 Å². The van der Waals surface area contributed by atoms with E-state index in [-0.39, 0.29) is 22.4 Å². The number of hydrogen-bond acceptors (Lipinski definition) is 4. The molecular weight excluding hydrogens is 277 g/mol. The maximum absolute atomic E-state index is 14.5. The van der Waals surface area contributed by atoms with Gasteiger partial charge in [0.15, 0.2) is 11.6 Å². The molecule has 0 spiro atoms. The topological polar surface area (TPSA) is 86.3 Å². The zero-order valence-electron chi connectivity index (χ0n) is 11.4. The fourth-order valence-electron chi connectivity index (χ4n) is 2.69. The van der Waals surface area contributed by atoms with E-state index in [1.165, 1.54) is 6.92 Å². The molecule has 0 atom stereocenters. The highest BCUT2D eigenvalue weighted by Crippen LogP contribution is 2.27. The number of anilines is 1. The Balaban J connectivity index is 2.29. The first-order valence-electron chi connectivity index (χ1n) is 6.70. The number of fused-ring (bicyclic) bond motifs is 1. The molecule has 6 nitrogen and oxygen atoms in total. The number of aryl methyl sites for hydroxylation is 1. The van der Waals surface area contributed by atoms with Crippen molar-refractivity contribution in [3.63, 3.8) is 0 Å². The maximum Gasteiger partial charge on any atom is 0.341 e. The van der Waals surface area contributed by atoms with Gasteiger partial charge in [-0.05, 0) is 19.8 Å². The fraction of sp³-hybridized carbons (Fsp3) is 0.357. The second-order valence-corrected chi connectivity index (χ2v) is 5.13. The Bertz CT molecular complexity index is 794. The van der Waals surface area contributed by atoms with E-state index in [2.05, 4.69) is 9.97 Å². The molecule has 0 radical (unpaired) electrons. The van der Waals surface area contributed by atoms with Crippen LogP contribution in [0, 0.1) is 12.7 Å². The lowest BCUT2D eigenvalue weighted by Gasteiger charge is -2.18. The highest BCUT2D eigenvalue weighted by molar-refractivity contribution is 5.92. The van der Waals surface area contributed by atoms with Crippen molar-refractivity contribution < 1.29 is 14.3 Å². The number of aromatic carboxylic acids is 1. The molecule has 3 rings (SSSR count). The number of aromatic nitrogens is 2. The number of rotatable bonds is 2. The van der Waals surface area contributed by atoms with E-state index in [0.29, 0.717) is 0 Å². The zero-order chi connectivity index (χ0) is 15.1. The molecule has 21 heavy (non-hydrogen) atoms. The summed E-state index contributed by atoms with van der Waals surface area (Å²) in [7, 11) is 0. The largest absolute Gasteiger partial charge is 0.477 e. The number of hydrogen-bond donors (Lipinski definition) is 2. The van der Waals surface area contributed by atoms with Crippen LogP contribution in [0.2, 0.25) is 0 Å². The molecule has 2 N–H and O–H groups in total. The van der Waals surface area contributed by atoms with Gasteiger partial charge in [0.1, 0.15) is 11.2 Å².